The van der Waals surface area contributed by atoms with Crippen molar-refractivity contribution in [2.24, 2.45) is 0 Å². The van der Waals surface area contributed by atoms with Crippen LogP contribution in [0.25, 0.3) is 11.4 Å². The van der Waals surface area contributed by atoms with E-state index >= 15 is 0 Å². The number of hydrogen-bond acceptors (Lipinski definition) is 3. The minimum atomic E-state index is -0.226. The summed E-state index contributed by atoms with van der Waals surface area (Å²) in [7, 11) is 0. The highest BCUT2D eigenvalue weighted by atomic mass is 19.1. The van der Waals surface area contributed by atoms with E-state index < -0.39 is 0 Å². The van der Waals surface area contributed by atoms with Crippen molar-refractivity contribution in [3.05, 3.63) is 65.7 Å². The van der Waals surface area contributed by atoms with Crippen LogP contribution in [-0.2, 0) is 0 Å². The fourth-order valence-electron chi connectivity index (χ4n) is 2.03. The van der Waals surface area contributed by atoms with Crippen LogP contribution in [0.4, 0.5) is 4.39 Å². The summed E-state index contributed by atoms with van der Waals surface area (Å²) in [5.41, 5.74) is 4.03. The van der Waals surface area contributed by atoms with Crippen molar-refractivity contribution in [2.75, 3.05) is 6.67 Å². The molecule has 2 aromatic rings. The molecule has 3 rings (SSSR count). The van der Waals surface area contributed by atoms with Crippen LogP contribution in [0.2, 0.25) is 0 Å². The molecule has 0 spiro atoms. The molecule has 0 atom stereocenters. The molecule has 2 N–H and O–H groups in total. The zero-order valence-corrected chi connectivity index (χ0v) is 9.65. The molecule has 1 aliphatic rings. The second-order valence-corrected chi connectivity index (χ2v) is 4.02. The number of nitrogens with zero attached hydrogens (tertiary/aromatic N) is 1. The summed E-state index contributed by atoms with van der Waals surface area (Å²) in [5.74, 6) is -0.226. The normalized spacial score (nSPS) is 14.3. The summed E-state index contributed by atoms with van der Waals surface area (Å²) < 4.78 is 12.9. The SMILES string of the molecule is Fc1ccc(C2=C(c3ccncc3)NCN2)cc1. The third-order valence-corrected chi connectivity index (χ3v) is 2.88. The summed E-state index contributed by atoms with van der Waals surface area (Å²) in [4.78, 5) is 4.01. The minimum Gasteiger partial charge on any atom is -0.366 e. The Kier molecular flexibility index (Phi) is 2.68. The van der Waals surface area contributed by atoms with Crippen LogP contribution in [0.5, 0.6) is 0 Å². The smallest absolute Gasteiger partial charge is 0.123 e. The molecule has 0 amide bonds. The molecule has 18 heavy (non-hydrogen) atoms. The molecule has 0 unspecified atom stereocenters. The average molecular weight is 241 g/mol. The van der Waals surface area contributed by atoms with Crippen LogP contribution >= 0.6 is 0 Å². The van der Waals surface area contributed by atoms with Gasteiger partial charge < -0.3 is 10.6 Å². The van der Waals surface area contributed by atoms with Gasteiger partial charge >= 0.3 is 0 Å². The van der Waals surface area contributed by atoms with Crippen molar-refractivity contribution >= 4 is 11.4 Å². The summed E-state index contributed by atoms with van der Waals surface area (Å²) >= 11 is 0. The summed E-state index contributed by atoms with van der Waals surface area (Å²) in [6.07, 6.45) is 3.51. The van der Waals surface area contributed by atoms with Crippen LogP contribution in [0.3, 0.4) is 0 Å². The predicted molar refractivity (Wildman–Crippen MR) is 68.6 cm³/mol. The Morgan fingerprint density at radius 1 is 0.833 bits per heavy atom. The van der Waals surface area contributed by atoms with Crippen molar-refractivity contribution in [1.82, 2.24) is 15.6 Å². The van der Waals surface area contributed by atoms with Gasteiger partial charge in [0.15, 0.2) is 0 Å². The largest absolute Gasteiger partial charge is 0.366 e. The van der Waals surface area contributed by atoms with Gasteiger partial charge in [0.1, 0.15) is 5.82 Å². The minimum absolute atomic E-state index is 0.226. The van der Waals surface area contributed by atoms with Gasteiger partial charge in [-0.05, 0) is 42.0 Å². The Hall–Kier alpha value is -2.36. The van der Waals surface area contributed by atoms with Crippen molar-refractivity contribution in [2.45, 2.75) is 0 Å². The van der Waals surface area contributed by atoms with Gasteiger partial charge in [0, 0.05) is 18.0 Å². The topological polar surface area (TPSA) is 37.0 Å². The number of halogens is 1. The Labute approximate surface area is 104 Å². The Morgan fingerprint density at radius 3 is 2.00 bits per heavy atom. The third kappa shape index (κ3) is 1.93. The van der Waals surface area contributed by atoms with Crippen molar-refractivity contribution in [3.63, 3.8) is 0 Å². The molecule has 4 heteroatoms. The van der Waals surface area contributed by atoms with Crippen LogP contribution in [0.1, 0.15) is 11.1 Å². The number of pyridine rings is 1. The van der Waals surface area contributed by atoms with E-state index in [9.17, 15) is 4.39 Å². The first kappa shape index (κ1) is 10.8. The van der Waals surface area contributed by atoms with Crippen LogP contribution in [0.15, 0.2) is 48.8 Å². The lowest BCUT2D eigenvalue weighted by molar-refractivity contribution is 0.627. The summed E-state index contributed by atoms with van der Waals surface area (Å²) in [6.45, 7) is 0.671. The maximum absolute atomic E-state index is 12.9. The van der Waals surface area contributed by atoms with Crippen molar-refractivity contribution in [1.29, 1.82) is 0 Å². The van der Waals surface area contributed by atoms with E-state index in [4.69, 9.17) is 0 Å². The second kappa shape index (κ2) is 4.49. The van der Waals surface area contributed by atoms with Gasteiger partial charge in [0.25, 0.3) is 0 Å². The Morgan fingerprint density at radius 2 is 1.39 bits per heavy atom. The predicted octanol–water partition coefficient (Wildman–Crippen LogP) is 2.20. The van der Waals surface area contributed by atoms with Crippen LogP contribution in [0, 0.1) is 5.82 Å². The molecule has 1 aromatic heterocycles. The molecule has 1 aromatic carbocycles. The number of hydrogen-bond donors (Lipinski definition) is 2. The second-order valence-electron chi connectivity index (χ2n) is 4.02. The molecule has 0 fully saturated rings. The summed E-state index contributed by atoms with van der Waals surface area (Å²) in [5, 5.41) is 6.55. The van der Waals surface area contributed by atoms with Gasteiger partial charge in [0.05, 0.1) is 18.1 Å². The lowest BCUT2D eigenvalue weighted by Gasteiger charge is -2.07. The van der Waals surface area contributed by atoms with Gasteiger partial charge in [-0.15, -0.1) is 0 Å². The van der Waals surface area contributed by atoms with Gasteiger partial charge in [-0.2, -0.15) is 0 Å². The van der Waals surface area contributed by atoms with E-state index in [-0.39, 0.29) is 5.82 Å². The molecule has 90 valence electrons. The van der Waals surface area contributed by atoms with Crippen LogP contribution in [-0.4, -0.2) is 11.7 Å². The molecule has 0 saturated carbocycles. The quantitative estimate of drug-likeness (QED) is 0.846. The van der Waals surface area contributed by atoms with Crippen molar-refractivity contribution in [3.8, 4) is 0 Å². The molecule has 2 heterocycles. The lowest BCUT2D eigenvalue weighted by atomic mass is 10.1. The Bertz CT molecular complexity index is 576. The first-order chi connectivity index (χ1) is 8.84. The molecular formula is C14H12FN3. The first-order valence-electron chi connectivity index (χ1n) is 5.73. The van der Waals surface area contributed by atoms with E-state index in [0.717, 1.165) is 22.5 Å². The van der Waals surface area contributed by atoms with Crippen molar-refractivity contribution < 1.29 is 4.39 Å². The molecule has 0 saturated heterocycles. The monoisotopic (exact) mass is 241 g/mol. The van der Waals surface area contributed by atoms with E-state index in [1.165, 1.54) is 12.1 Å². The van der Waals surface area contributed by atoms with Gasteiger partial charge in [0.2, 0.25) is 0 Å². The number of benzene rings is 1. The maximum Gasteiger partial charge on any atom is 0.123 e. The zero-order valence-electron chi connectivity index (χ0n) is 9.65. The lowest BCUT2D eigenvalue weighted by Crippen LogP contribution is -2.14. The zero-order chi connectivity index (χ0) is 12.4. The number of aromatic nitrogens is 1. The van der Waals surface area contributed by atoms with Gasteiger partial charge in [-0.1, -0.05) is 0 Å². The number of nitrogens with one attached hydrogen (secondary N) is 2. The average Bonchev–Trinajstić information content (AvgIpc) is 2.90. The standard InChI is InChI=1S/C14H12FN3/c15-12-3-1-10(2-4-12)13-14(18-9-17-13)11-5-7-16-8-6-11/h1-8,17-18H,9H2. The Balaban J connectivity index is 2.06. The molecule has 1 aliphatic heterocycles. The molecular weight excluding hydrogens is 229 g/mol. The van der Waals surface area contributed by atoms with Gasteiger partial charge in [-0.25, -0.2) is 4.39 Å². The molecule has 0 bridgehead atoms. The van der Waals surface area contributed by atoms with Crippen LogP contribution < -0.4 is 10.6 Å². The highest BCUT2D eigenvalue weighted by molar-refractivity contribution is 5.90. The van der Waals surface area contributed by atoms with Gasteiger partial charge in [-0.3, -0.25) is 4.98 Å². The molecule has 0 aliphatic carbocycles. The maximum atomic E-state index is 12.9. The highest BCUT2D eigenvalue weighted by Gasteiger charge is 2.16. The highest BCUT2D eigenvalue weighted by Crippen LogP contribution is 2.24. The first-order valence-corrected chi connectivity index (χ1v) is 5.73. The molecule has 0 radical (unpaired) electrons. The molecule has 3 nitrogen and oxygen atoms in total. The third-order valence-electron chi connectivity index (χ3n) is 2.88. The fourth-order valence-corrected chi connectivity index (χ4v) is 2.03. The van der Waals surface area contributed by atoms with E-state index in [2.05, 4.69) is 15.6 Å². The number of rotatable bonds is 2. The van der Waals surface area contributed by atoms with E-state index in [1.807, 2.05) is 12.1 Å². The van der Waals surface area contributed by atoms with E-state index in [0.29, 0.717) is 6.67 Å². The fraction of sp³-hybridized carbons (Fsp3) is 0.0714. The summed E-state index contributed by atoms with van der Waals surface area (Å²) in [6, 6.07) is 10.4. The van der Waals surface area contributed by atoms with E-state index in [1.54, 1.807) is 24.5 Å².